The molecule has 3 heterocycles. The number of piperidine rings is 1. The largest absolute Gasteiger partial charge is 0.504 e. The number of amides is 1. The molecule has 6 nitrogen and oxygen atoms in total. The van der Waals surface area contributed by atoms with E-state index in [1.54, 1.807) is 12.1 Å². The van der Waals surface area contributed by atoms with Gasteiger partial charge >= 0.3 is 0 Å². The Labute approximate surface area is 203 Å². The van der Waals surface area contributed by atoms with E-state index in [0.29, 0.717) is 30.7 Å². The van der Waals surface area contributed by atoms with Crippen molar-refractivity contribution in [2.24, 2.45) is 11.8 Å². The van der Waals surface area contributed by atoms with Gasteiger partial charge in [-0.1, -0.05) is 12.1 Å². The van der Waals surface area contributed by atoms with E-state index < -0.39 is 22.9 Å². The minimum absolute atomic E-state index is 0.0891. The normalized spacial score (nSPS) is 38.5. The smallest absolute Gasteiger partial charge is 0.254 e. The van der Waals surface area contributed by atoms with Gasteiger partial charge in [0.25, 0.3) is 5.91 Å². The number of halogens is 1. The van der Waals surface area contributed by atoms with E-state index in [1.807, 2.05) is 17.9 Å². The molecule has 35 heavy (non-hydrogen) atoms. The Morgan fingerprint density at radius 3 is 2.83 bits per heavy atom. The SMILES string of the molecule is Cc1ccc(O)c2c1[C@]13C4CN(CC5CC5)[C@H]4[C@]1(O)CC[C@@H](N1Cc4ccc(F)cc4C1=O)[C@@H]3O2. The third kappa shape index (κ3) is 2.26. The van der Waals surface area contributed by atoms with Crippen LogP contribution in [0.1, 0.15) is 52.7 Å². The summed E-state index contributed by atoms with van der Waals surface area (Å²) in [6, 6.07) is 7.83. The predicted octanol–water partition coefficient (Wildman–Crippen LogP) is 3.11. The zero-order valence-corrected chi connectivity index (χ0v) is 19.7. The third-order valence-electron chi connectivity index (χ3n) is 10.1. The molecule has 0 bridgehead atoms. The standard InChI is InChI=1S/C28H29FN2O4/c1-14-2-7-21(32)23-22(14)28-19-13-30(11-15-3-4-15)24(19)27(28,34)9-8-20(25(28)35-23)31-12-16-5-6-17(29)10-18(16)26(31)33/h2,5-7,10,15,19-20,24-25,32,34H,3-4,8-9,11-13H2,1H3/t19?,20-,24-,25+,27-,28+/m1/s1. The van der Waals surface area contributed by atoms with E-state index in [9.17, 15) is 19.4 Å². The van der Waals surface area contributed by atoms with Gasteiger partial charge in [-0.05, 0) is 67.9 Å². The summed E-state index contributed by atoms with van der Waals surface area (Å²) in [5.74, 6) is 0.942. The molecule has 1 amide bonds. The number of rotatable bonds is 3. The summed E-state index contributed by atoms with van der Waals surface area (Å²) >= 11 is 0. The fourth-order valence-electron chi connectivity index (χ4n) is 8.56. The lowest BCUT2D eigenvalue weighted by molar-refractivity contribution is -0.321. The van der Waals surface area contributed by atoms with Crippen LogP contribution < -0.4 is 4.74 Å². The number of phenolic OH excluding ortho intramolecular Hbond substituents is 1. The number of hydrogen-bond donors (Lipinski definition) is 2. The predicted molar refractivity (Wildman–Crippen MR) is 125 cm³/mol. The van der Waals surface area contributed by atoms with Crippen molar-refractivity contribution in [3.05, 3.63) is 58.4 Å². The van der Waals surface area contributed by atoms with Crippen molar-refractivity contribution < 1.29 is 24.1 Å². The summed E-state index contributed by atoms with van der Waals surface area (Å²) in [4.78, 5) is 17.7. The summed E-state index contributed by atoms with van der Waals surface area (Å²) < 4.78 is 20.5. The van der Waals surface area contributed by atoms with Gasteiger partial charge in [-0.25, -0.2) is 4.39 Å². The van der Waals surface area contributed by atoms with Crippen LogP contribution in [0.15, 0.2) is 30.3 Å². The number of benzene rings is 2. The topological polar surface area (TPSA) is 73.2 Å². The molecule has 0 aromatic heterocycles. The Morgan fingerprint density at radius 1 is 1.20 bits per heavy atom. The average Bonchev–Trinajstić information content (AvgIpc) is 3.47. The van der Waals surface area contributed by atoms with Crippen LogP contribution in [0.3, 0.4) is 0 Å². The summed E-state index contributed by atoms with van der Waals surface area (Å²) in [5.41, 5.74) is 1.57. The van der Waals surface area contributed by atoms with Crippen LogP contribution in [0.4, 0.5) is 4.39 Å². The second kappa shape index (κ2) is 6.37. The Hall–Kier alpha value is -2.64. The summed E-state index contributed by atoms with van der Waals surface area (Å²) in [6.45, 7) is 4.39. The lowest BCUT2D eigenvalue weighted by Gasteiger charge is -2.78. The summed E-state index contributed by atoms with van der Waals surface area (Å²) in [5, 5.41) is 23.2. The zero-order valence-electron chi connectivity index (χ0n) is 19.7. The molecule has 3 aliphatic carbocycles. The van der Waals surface area contributed by atoms with E-state index in [0.717, 1.165) is 35.7 Å². The lowest BCUT2D eigenvalue weighted by atomic mass is 9.35. The number of aromatic hydroxyl groups is 1. The number of phenols is 1. The minimum atomic E-state index is -0.961. The van der Waals surface area contributed by atoms with E-state index >= 15 is 0 Å². The van der Waals surface area contributed by atoms with Gasteiger partial charge in [0.05, 0.1) is 17.1 Å². The molecule has 3 aliphatic heterocycles. The van der Waals surface area contributed by atoms with Crippen LogP contribution in [0.25, 0.3) is 0 Å². The van der Waals surface area contributed by atoms with Crippen molar-refractivity contribution >= 4 is 5.91 Å². The number of fused-ring (bicyclic) bond motifs is 4. The molecule has 6 aliphatic rings. The molecule has 8 rings (SSSR count). The molecule has 1 unspecified atom stereocenters. The fourth-order valence-corrected chi connectivity index (χ4v) is 8.56. The van der Waals surface area contributed by atoms with E-state index in [-0.39, 0.29) is 29.7 Å². The monoisotopic (exact) mass is 476 g/mol. The van der Waals surface area contributed by atoms with Gasteiger partial charge in [-0.2, -0.15) is 0 Å². The van der Waals surface area contributed by atoms with E-state index in [4.69, 9.17) is 4.74 Å². The summed E-state index contributed by atoms with van der Waals surface area (Å²) in [7, 11) is 0. The number of ether oxygens (including phenoxy) is 1. The van der Waals surface area contributed by atoms with Crippen LogP contribution >= 0.6 is 0 Å². The zero-order chi connectivity index (χ0) is 23.9. The van der Waals surface area contributed by atoms with Gasteiger partial charge in [0.15, 0.2) is 11.5 Å². The lowest BCUT2D eigenvalue weighted by Crippen LogP contribution is -2.92. The van der Waals surface area contributed by atoms with Gasteiger partial charge < -0.3 is 19.8 Å². The fraction of sp³-hybridized carbons (Fsp3) is 0.536. The second-order valence-electron chi connectivity index (χ2n) is 11.7. The van der Waals surface area contributed by atoms with Crippen LogP contribution in [-0.2, 0) is 12.0 Å². The van der Waals surface area contributed by atoms with Crippen molar-refractivity contribution in [1.29, 1.82) is 0 Å². The van der Waals surface area contributed by atoms with Crippen molar-refractivity contribution in [3.63, 3.8) is 0 Å². The van der Waals surface area contributed by atoms with E-state index in [1.165, 1.54) is 25.0 Å². The van der Waals surface area contributed by atoms with Crippen molar-refractivity contribution in [2.75, 3.05) is 13.1 Å². The number of hydrogen-bond acceptors (Lipinski definition) is 5. The van der Waals surface area contributed by atoms with Gasteiger partial charge in [0.1, 0.15) is 11.9 Å². The number of carbonyl (C=O) groups excluding carboxylic acids is 1. The van der Waals surface area contributed by atoms with Gasteiger partial charge in [-0.15, -0.1) is 0 Å². The van der Waals surface area contributed by atoms with Crippen molar-refractivity contribution in [1.82, 2.24) is 9.80 Å². The van der Waals surface area contributed by atoms with E-state index in [2.05, 4.69) is 4.90 Å². The molecule has 2 aromatic rings. The minimum Gasteiger partial charge on any atom is -0.504 e. The van der Waals surface area contributed by atoms with Gasteiger partial charge in [-0.3, -0.25) is 9.69 Å². The molecule has 1 saturated heterocycles. The average molecular weight is 477 g/mol. The maximum Gasteiger partial charge on any atom is 0.254 e. The van der Waals surface area contributed by atoms with Crippen LogP contribution in [-0.4, -0.2) is 62.8 Å². The quantitative estimate of drug-likeness (QED) is 0.712. The molecule has 2 N–H and O–H groups in total. The molecule has 2 aromatic carbocycles. The Morgan fingerprint density at radius 2 is 2.03 bits per heavy atom. The molecule has 0 radical (unpaired) electrons. The molecular weight excluding hydrogens is 447 g/mol. The van der Waals surface area contributed by atoms with Crippen molar-refractivity contribution in [3.8, 4) is 11.5 Å². The maximum atomic E-state index is 13.9. The molecule has 4 fully saturated rings. The third-order valence-corrected chi connectivity index (χ3v) is 10.1. The highest BCUT2D eigenvalue weighted by molar-refractivity contribution is 5.98. The number of carbonyl (C=O) groups is 1. The first-order chi connectivity index (χ1) is 16.8. The molecule has 182 valence electrons. The Bertz CT molecular complexity index is 1310. The summed E-state index contributed by atoms with van der Waals surface area (Å²) in [6.07, 6.45) is 3.29. The Balaban J connectivity index is 1.23. The molecule has 3 saturated carbocycles. The number of nitrogens with zero attached hydrogens (tertiary/aromatic N) is 2. The number of aryl methyl sites for hydroxylation is 1. The Kier molecular flexibility index (Phi) is 3.74. The van der Waals surface area contributed by atoms with Crippen LogP contribution in [0.2, 0.25) is 0 Å². The van der Waals surface area contributed by atoms with Crippen LogP contribution in [0.5, 0.6) is 11.5 Å². The number of aliphatic hydroxyl groups is 1. The number of likely N-dealkylation sites (tertiary alicyclic amines) is 1. The first kappa shape index (κ1) is 20.5. The van der Waals surface area contributed by atoms with Crippen LogP contribution in [0, 0.1) is 24.6 Å². The highest BCUT2D eigenvalue weighted by atomic mass is 19.1. The molecule has 7 heteroatoms. The first-order valence-electron chi connectivity index (χ1n) is 12.9. The van der Waals surface area contributed by atoms with Gasteiger partial charge in [0, 0.05) is 42.7 Å². The highest BCUT2D eigenvalue weighted by Gasteiger charge is 2.85. The highest BCUT2D eigenvalue weighted by Crippen LogP contribution is 2.73. The first-order valence-corrected chi connectivity index (χ1v) is 12.9. The van der Waals surface area contributed by atoms with Gasteiger partial charge in [0.2, 0.25) is 0 Å². The molecular formula is C28H29FN2O4. The molecule has 6 atom stereocenters. The maximum absolute atomic E-state index is 13.9. The molecule has 1 spiro atoms. The van der Waals surface area contributed by atoms with Crippen molar-refractivity contribution in [2.45, 2.75) is 68.4 Å². The second-order valence-corrected chi connectivity index (χ2v) is 11.7.